The summed E-state index contributed by atoms with van der Waals surface area (Å²) in [5, 5.41) is 3.81. The number of fused-ring (bicyclic) bond motifs is 3. The second-order valence-electron chi connectivity index (χ2n) is 9.84. The van der Waals surface area contributed by atoms with E-state index >= 15 is 0 Å². The van der Waals surface area contributed by atoms with E-state index in [1.807, 2.05) is 13.8 Å². The Labute approximate surface area is 222 Å². The number of halogens is 3. The van der Waals surface area contributed by atoms with Gasteiger partial charge in [-0.05, 0) is 48.2 Å². The summed E-state index contributed by atoms with van der Waals surface area (Å²) in [6.45, 7) is 3.91. The Bertz CT molecular complexity index is 1450. The second kappa shape index (κ2) is 8.26. The molecular formula is C26H22Cl3N3O4. The number of ether oxygens (including phenoxy) is 1. The summed E-state index contributed by atoms with van der Waals surface area (Å²) >= 11 is 19.1. The molecule has 1 spiro atoms. The summed E-state index contributed by atoms with van der Waals surface area (Å²) < 4.78 is 5.13. The molecule has 5 rings (SSSR count). The van der Waals surface area contributed by atoms with Crippen molar-refractivity contribution < 1.29 is 19.1 Å². The van der Waals surface area contributed by atoms with Gasteiger partial charge in [0.05, 0.1) is 17.8 Å². The number of carbonyl (C=O) groups is 3. The van der Waals surface area contributed by atoms with Crippen molar-refractivity contribution in [2.24, 2.45) is 11.1 Å². The van der Waals surface area contributed by atoms with Gasteiger partial charge >= 0.3 is 5.97 Å². The predicted octanol–water partition coefficient (Wildman–Crippen LogP) is 5.34. The van der Waals surface area contributed by atoms with Crippen LogP contribution in [0.2, 0.25) is 15.1 Å². The quantitative estimate of drug-likeness (QED) is 0.493. The lowest BCUT2D eigenvalue weighted by molar-refractivity contribution is -0.138. The smallest absolute Gasteiger partial charge is 0.339 e. The summed E-state index contributed by atoms with van der Waals surface area (Å²) in [4.78, 5) is 42.9. The predicted molar refractivity (Wildman–Crippen MR) is 139 cm³/mol. The van der Waals surface area contributed by atoms with Crippen LogP contribution in [0.1, 0.15) is 32.3 Å². The van der Waals surface area contributed by atoms with Crippen molar-refractivity contribution in [2.75, 3.05) is 17.3 Å². The van der Waals surface area contributed by atoms with Gasteiger partial charge in [0.25, 0.3) is 0 Å². The number of rotatable bonds is 2. The maximum absolute atomic E-state index is 14.0. The number of hydrogen-bond donors (Lipinski definition) is 2. The lowest BCUT2D eigenvalue weighted by atomic mass is 9.60. The molecule has 36 heavy (non-hydrogen) atoms. The van der Waals surface area contributed by atoms with Gasteiger partial charge in [0.15, 0.2) is 5.78 Å². The average Bonchev–Trinajstić information content (AvgIpc) is 3.05. The third kappa shape index (κ3) is 3.37. The first kappa shape index (κ1) is 24.7. The van der Waals surface area contributed by atoms with E-state index in [0.29, 0.717) is 39.1 Å². The molecule has 10 heteroatoms. The highest BCUT2D eigenvalue weighted by molar-refractivity contribution is 6.36. The molecule has 2 aromatic carbocycles. The maximum Gasteiger partial charge on any atom is 0.339 e. The average molecular weight is 547 g/mol. The molecule has 0 radical (unpaired) electrons. The molecular weight excluding hydrogens is 525 g/mol. The van der Waals surface area contributed by atoms with Gasteiger partial charge in [0, 0.05) is 39.0 Å². The van der Waals surface area contributed by atoms with Crippen LogP contribution in [0.3, 0.4) is 0 Å². The molecule has 2 aromatic rings. The van der Waals surface area contributed by atoms with Crippen LogP contribution in [0, 0.1) is 5.41 Å². The zero-order valence-corrected chi connectivity index (χ0v) is 21.9. The molecule has 0 saturated heterocycles. The number of amides is 1. The van der Waals surface area contributed by atoms with Gasteiger partial charge in [-0.1, -0.05) is 48.7 Å². The van der Waals surface area contributed by atoms with Crippen LogP contribution in [0.15, 0.2) is 59.1 Å². The van der Waals surface area contributed by atoms with Crippen molar-refractivity contribution in [3.05, 3.63) is 79.7 Å². The zero-order valence-electron chi connectivity index (χ0n) is 19.7. The van der Waals surface area contributed by atoms with Crippen LogP contribution in [0.25, 0.3) is 0 Å². The molecule has 0 bridgehead atoms. The SMILES string of the molecule is COC(=O)C1=C(N)N(c2ccc(Cl)cc2Cl)C2=C(C(=O)CC(C)(C)C2)C12C(=O)Nc1ccc(Cl)cc12. The number of esters is 1. The highest BCUT2D eigenvalue weighted by atomic mass is 35.5. The van der Waals surface area contributed by atoms with Crippen molar-refractivity contribution >= 4 is 63.8 Å². The van der Waals surface area contributed by atoms with Gasteiger partial charge in [-0.3, -0.25) is 14.5 Å². The number of carbonyl (C=O) groups excluding carboxylic acids is 3. The molecule has 0 saturated carbocycles. The van der Waals surface area contributed by atoms with E-state index in [1.165, 1.54) is 7.11 Å². The highest BCUT2D eigenvalue weighted by Gasteiger charge is 2.63. The third-order valence-electron chi connectivity index (χ3n) is 6.88. The lowest BCUT2D eigenvalue weighted by Gasteiger charge is -2.47. The lowest BCUT2D eigenvalue weighted by Crippen LogP contribution is -2.54. The minimum absolute atomic E-state index is 0.0710. The number of nitrogens with one attached hydrogen (secondary N) is 1. The number of nitrogens with two attached hydrogens (primary N) is 1. The fraction of sp³-hybridized carbons (Fsp3) is 0.269. The molecule has 3 N–H and O–H groups in total. The molecule has 2 aliphatic heterocycles. The Morgan fingerprint density at radius 1 is 1.06 bits per heavy atom. The van der Waals surface area contributed by atoms with Crippen LogP contribution in [-0.2, 0) is 24.5 Å². The monoisotopic (exact) mass is 545 g/mol. The van der Waals surface area contributed by atoms with E-state index < -0.39 is 22.7 Å². The molecule has 3 aliphatic rings. The van der Waals surface area contributed by atoms with E-state index in [4.69, 9.17) is 45.3 Å². The number of nitrogens with zero attached hydrogens (tertiary/aromatic N) is 1. The van der Waals surface area contributed by atoms with E-state index in [9.17, 15) is 14.4 Å². The highest BCUT2D eigenvalue weighted by Crippen LogP contribution is 2.58. The summed E-state index contributed by atoms with van der Waals surface area (Å²) in [6.07, 6.45) is 0.542. The molecule has 186 valence electrons. The Kier molecular flexibility index (Phi) is 5.67. The Morgan fingerprint density at radius 2 is 1.72 bits per heavy atom. The summed E-state index contributed by atoms with van der Waals surface area (Å²) in [5.41, 5.74) is 6.12. The molecule has 0 aromatic heterocycles. The molecule has 0 fully saturated rings. The van der Waals surface area contributed by atoms with Crippen molar-refractivity contribution in [3.63, 3.8) is 0 Å². The first-order valence-electron chi connectivity index (χ1n) is 11.1. The Hall–Kier alpha value is -3.00. The first-order chi connectivity index (χ1) is 16.9. The third-order valence-corrected chi connectivity index (χ3v) is 7.66. The molecule has 1 amide bonds. The molecule has 1 aliphatic carbocycles. The molecule has 7 nitrogen and oxygen atoms in total. The number of methoxy groups -OCH3 is 1. The minimum Gasteiger partial charge on any atom is -0.466 e. The van der Waals surface area contributed by atoms with Crippen LogP contribution < -0.4 is 16.0 Å². The van der Waals surface area contributed by atoms with Crippen molar-refractivity contribution in [2.45, 2.75) is 32.1 Å². The molecule has 2 heterocycles. The number of allylic oxidation sites excluding steroid dienone is 1. The van der Waals surface area contributed by atoms with Gasteiger partial charge in [0.1, 0.15) is 16.8 Å². The first-order valence-corrected chi connectivity index (χ1v) is 12.3. The standard InChI is InChI=1S/C26H22Cl3N3O4/c1-25(2)10-18-20(19(33)11-25)26(14-8-12(27)4-6-16(14)31-24(26)35)21(23(34)36-3)22(30)32(18)17-7-5-13(28)9-15(17)29/h4-9H,10-11,30H2,1-3H3,(H,31,35). The van der Waals surface area contributed by atoms with Crippen molar-refractivity contribution in [1.29, 1.82) is 0 Å². The summed E-state index contributed by atoms with van der Waals surface area (Å²) in [7, 11) is 1.19. The van der Waals surface area contributed by atoms with E-state index in [-0.39, 0.29) is 34.2 Å². The van der Waals surface area contributed by atoms with E-state index in [2.05, 4.69) is 5.32 Å². The van der Waals surface area contributed by atoms with Gasteiger partial charge < -0.3 is 15.8 Å². The zero-order chi connectivity index (χ0) is 26.2. The summed E-state index contributed by atoms with van der Waals surface area (Å²) in [6, 6.07) is 9.66. The fourth-order valence-corrected chi connectivity index (χ4v) is 6.21. The van der Waals surface area contributed by atoms with Gasteiger partial charge in [-0.25, -0.2) is 4.79 Å². The van der Waals surface area contributed by atoms with Gasteiger partial charge in [-0.2, -0.15) is 0 Å². The number of ketones is 1. The number of benzene rings is 2. The molecule has 1 unspecified atom stereocenters. The van der Waals surface area contributed by atoms with E-state index in [0.717, 1.165) is 0 Å². The van der Waals surface area contributed by atoms with Crippen LogP contribution in [0.5, 0.6) is 0 Å². The van der Waals surface area contributed by atoms with Crippen LogP contribution >= 0.6 is 34.8 Å². The minimum atomic E-state index is -1.84. The van der Waals surface area contributed by atoms with E-state index in [1.54, 1.807) is 41.3 Å². The summed E-state index contributed by atoms with van der Waals surface area (Å²) in [5.74, 6) is -1.79. The molecule has 1 atom stereocenters. The Balaban J connectivity index is 1.95. The number of anilines is 2. The topological polar surface area (TPSA) is 102 Å². The maximum atomic E-state index is 14.0. The van der Waals surface area contributed by atoms with Crippen LogP contribution in [0.4, 0.5) is 11.4 Å². The Morgan fingerprint density at radius 3 is 2.39 bits per heavy atom. The van der Waals surface area contributed by atoms with Crippen molar-refractivity contribution in [3.8, 4) is 0 Å². The number of hydrogen-bond acceptors (Lipinski definition) is 6. The van der Waals surface area contributed by atoms with Gasteiger partial charge in [0.2, 0.25) is 5.91 Å². The number of Topliss-reactive ketones (excluding diaryl/α,β-unsaturated/α-hetero) is 1. The fourth-order valence-electron chi connectivity index (χ4n) is 5.55. The van der Waals surface area contributed by atoms with Crippen molar-refractivity contribution in [1.82, 2.24) is 0 Å². The largest absolute Gasteiger partial charge is 0.466 e. The normalized spacial score (nSPS) is 22.6. The van der Waals surface area contributed by atoms with Gasteiger partial charge in [-0.15, -0.1) is 0 Å². The second-order valence-corrected chi connectivity index (χ2v) is 11.1. The van der Waals surface area contributed by atoms with Crippen LogP contribution in [-0.4, -0.2) is 24.8 Å².